The third-order valence-electron chi connectivity index (χ3n) is 3.99. The molecule has 0 radical (unpaired) electrons. The molecule has 0 saturated carbocycles. The van der Waals surface area contributed by atoms with Crippen LogP contribution in [0.4, 0.5) is 0 Å². The number of nitrogens with one attached hydrogen (secondary N) is 1. The van der Waals surface area contributed by atoms with Crippen molar-refractivity contribution in [2.24, 2.45) is 0 Å². The van der Waals surface area contributed by atoms with E-state index in [0.717, 1.165) is 5.56 Å². The molecule has 0 aliphatic carbocycles. The van der Waals surface area contributed by atoms with E-state index in [4.69, 9.17) is 16.3 Å². The number of ether oxygens (including phenoxy) is 1. The Kier molecular flexibility index (Phi) is 6.27. The lowest BCUT2D eigenvalue weighted by Gasteiger charge is -2.22. The molecule has 0 aliphatic heterocycles. The normalized spacial score (nSPS) is 13.2. The van der Waals surface area contributed by atoms with Gasteiger partial charge >= 0.3 is 0 Å². The molecular formula is C20H24ClNO2. The fraction of sp³-hybridized carbons (Fsp3) is 0.350. The van der Waals surface area contributed by atoms with Gasteiger partial charge in [0.25, 0.3) is 5.91 Å². The van der Waals surface area contributed by atoms with Gasteiger partial charge in [0.15, 0.2) is 6.10 Å². The minimum Gasteiger partial charge on any atom is -0.481 e. The largest absolute Gasteiger partial charge is 0.481 e. The maximum absolute atomic E-state index is 12.6. The van der Waals surface area contributed by atoms with E-state index in [1.807, 2.05) is 13.8 Å². The van der Waals surface area contributed by atoms with Crippen molar-refractivity contribution in [3.8, 4) is 5.75 Å². The number of carbonyl (C=O) groups excluding carboxylic acids is 1. The predicted molar refractivity (Wildman–Crippen MR) is 98.6 cm³/mol. The molecule has 3 nitrogen and oxygen atoms in total. The van der Waals surface area contributed by atoms with Crippen molar-refractivity contribution in [3.05, 3.63) is 64.2 Å². The highest BCUT2D eigenvalue weighted by Gasteiger charge is 2.21. The molecule has 0 aliphatic rings. The molecule has 24 heavy (non-hydrogen) atoms. The van der Waals surface area contributed by atoms with E-state index >= 15 is 0 Å². The van der Waals surface area contributed by atoms with Gasteiger partial charge in [-0.05, 0) is 56.5 Å². The molecule has 0 aromatic heterocycles. The number of hydrogen-bond donors (Lipinski definition) is 1. The fourth-order valence-electron chi connectivity index (χ4n) is 2.72. The summed E-state index contributed by atoms with van der Waals surface area (Å²) in [4.78, 5) is 12.6. The average molecular weight is 346 g/mol. The Morgan fingerprint density at radius 3 is 2.58 bits per heavy atom. The number of rotatable bonds is 6. The van der Waals surface area contributed by atoms with Gasteiger partial charge in [-0.15, -0.1) is 0 Å². The van der Waals surface area contributed by atoms with Crippen molar-refractivity contribution in [3.63, 3.8) is 0 Å². The Morgan fingerprint density at radius 2 is 1.96 bits per heavy atom. The van der Waals surface area contributed by atoms with Crippen LogP contribution in [-0.2, 0) is 4.79 Å². The number of halogens is 1. The molecule has 0 bridgehead atoms. The molecule has 1 N–H and O–H groups in total. The van der Waals surface area contributed by atoms with Crippen LogP contribution in [0.5, 0.6) is 5.75 Å². The molecule has 0 unspecified atom stereocenters. The number of aryl methyl sites for hydroxylation is 2. The zero-order chi connectivity index (χ0) is 17.7. The summed E-state index contributed by atoms with van der Waals surface area (Å²) in [6.45, 7) is 8.04. The quantitative estimate of drug-likeness (QED) is 0.800. The molecule has 0 spiro atoms. The van der Waals surface area contributed by atoms with Gasteiger partial charge in [-0.1, -0.05) is 48.4 Å². The third kappa shape index (κ3) is 4.75. The van der Waals surface area contributed by atoms with Crippen LogP contribution in [0.3, 0.4) is 0 Å². The highest BCUT2D eigenvalue weighted by Crippen LogP contribution is 2.21. The lowest BCUT2D eigenvalue weighted by molar-refractivity contribution is -0.128. The number of hydrogen-bond acceptors (Lipinski definition) is 2. The second-order valence-electron chi connectivity index (χ2n) is 6.06. The first-order chi connectivity index (χ1) is 11.4. The van der Waals surface area contributed by atoms with Gasteiger partial charge < -0.3 is 10.1 Å². The second-order valence-corrected chi connectivity index (χ2v) is 6.50. The Balaban J connectivity index is 2.05. The first-order valence-corrected chi connectivity index (χ1v) is 8.58. The van der Waals surface area contributed by atoms with Gasteiger partial charge in [0.1, 0.15) is 5.75 Å². The van der Waals surface area contributed by atoms with Crippen LogP contribution in [0.25, 0.3) is 0 Å². The zero-order valence-electron chi connectivity index (χ0n) is 14.6. The SMILES string of the molecule is CC[C@H](Oc1cccc(Cl)c1)C(=O)N[C@@H](C)c1ccc(C)cc1C. The van der Waals surface area contributed by atoms with Crippen molar-refractivity contribution in [1.29, 1.82) is 0 Å². The van der Waals surface area contributed by atoms with Crippen LogP contribution in [0.2, 0.25) is 5.02 Å². The Morgan fingerprint density at radius 1 is 1.21 bits per heavy atom. The van der Waals surface area contributed by atoms with Gasteiger partial charge in [-0.25, -0.2) is 0 Å². The molecule has 4 heteroatoms. The highest BCUT2D eigenvalue weighted by molar-refractivity contribution is 6.30. The minimum absolute atomic E-state index is 0.0740. The summed E-state index contributed by atoms with van der Waals surface area (Å²) in [5.41, 5.74) is 3.50. The van der Waals surface area contributed by atoms with E-state index in [1.54, 1.807) is 24.3 Å². The molecule has 2 rings (SSSR count). The van der Waals surface area contributed by atoms with E-state index in [2.05, 4.69) is 37.4 Å². The molecule has 0 fully saturated rings. The van der Waals surface area contributed by atoms with Gasteiger partial charge in [0.05, 0.1) is 6.04 Å². The van der Waals surface area contributed by atoms with Crippen molar-refractivity contribution in [2.45, 2.75) is 46.3 Å². The summed E-state index contributed by atoms with van der Waals surface area (Å²) in [5.74, 6) is 0.480. The van der Waals surface area contributed by atoms with Gasteiger partial charge in [-0.2, -0.15) is 0 Å². The molecule has 2 atom stereocenters. The lowest BCUT2D eigenvalue weighted by Crippen LogP contribution is -2.39. The average Bonchev–Trinajstić information content (AvgIpc) is 2.52. The third-order valence-corrected chi connectivity index (χ3v) is 4.22. The van der Waals surface area contributed by atoms with Crippen LogP contribution in [0.1, 0.15) is 43.0 Å². The van der Waals surface area contributed by atoms with E-state index in [-0.39, 0.29) is 11.9 Å². The summed E-state index contributed by atoms with van der Waals surface area (Å²) in [5, 5.41) is 3.63. The van der Waals surface area contributed by atoms with Crippen molar-refractivity contribution in [2.75, 3.05) is 0 Å². The van der Waals surface area contributed by atoms with Crippen molar-refractivity contribution in [1.82, 2.24) is 5.32 Å². The molecule has 2 aromatic rings. The van der Waals surface area contributed by atoms with Gasteiger partial charge in [0.2, 0.25) is 0 Å². The Labute approximate surface area is 149 Å². The summed E-state index contributed by atoms with van der Waals surface area (Å²) in [6, 6.07) is 13.3. The molecule has 2 aromatic carbocycles. The minimum atomic E-state index is -0.545. The first kappa shape index (κ1) is 18.3. The zero-order valence-corrected chi connectivity index (χ0v) is 15.4. The molecule has 0 heterocycles. The van der Waals surface area contributed by atoms with E-state index in [9.17, 15) is 4.79 Å². The Bertz CT molecular complexity index is 715. The van der Waals surface area contributed by atoms with Crippen LogP contribution in [-0.4, -0.2) is 12.0 Å². The monoisotopic (exact) mass is 345 g/mol. The number of benzene rings is 2. The van der Waals surface area contributed by atoms with Crippen LogP contribution in [0.15, 0.2) is 42.5 Å². The van der Waals surface area contributed by atoms with Crippen LogP contribution in [0, 0.1) is 13.8 Å². The second kappa shape index (κ2) is 8.20. The Hall–Kier alpha value is -2.00. The lowest BCUT2D eigenvalue weighted by atomic mass is 10.00. The van der Waals surface area contributed by atoms with Gasteiger partial charge in [0, 0.05) is 5.02 Å². The standard InChI is InChI=1S/C20H24ClNO2/c1-5-19(24-17-8-6-7-16(21)12-17)20(23)22-15(4)18-10-9-13(2)11-14(18)3/h6-12,15,19H,5H2,1-4H3,(H,22,23)/t15-,19-/m0/s1. The number of carbonyl (C=O) groups is 1. The fourth-order valence-corrected chi connectivity index (χ4v) is 2.90. The smallest absolute Gasteiger partial charge is 0.261 e. The summed E-state index contributed by atoms with van der Waals surface area (Å²) >= 11 is 5.97. The summed E-state index contributed by atoms with van der Waals surface area (Å²) in [6.07, 6.45) is 0.0365. The highest BCUT2D eigenvalue weighted by atomic mass is 35.5. The molecule has 0 saturated heterocycles. The number of amides is 1. The topological polar surface area (TPSA) is 38.3 Å². The van der Waals surface area contributed by atoms with Crippen LogP contribution < -0.4 is 10.1 Å². The molecule has 128 valence electrons. The first-order valence-electron chi connectivity index (χ1n) is 8.20. The maximum Gasteiger partial charge on any atom is 0.261 e. The van der Waals surface area contributed by atoms with Crippen molar-refractivity contribution >= 4 is 17.5 Å². The van der Waals surface area contributed by atoms with E-state index in [1.165, 1.54) is 11.1 Å². The summed E-state index contributed by atoms with van der Waals surface area (Å²) < 4.78 is 5.80. The molecule has 1 amide bonds. The molecular weight excluding hydrogens is 322 g/mol. The van der Waals surface area contributed by atoms with Crippen molar-refractivity contribution < 1.29 is 9.53 Å². The van der Waals surface area contributed by atoms with Gasteiger partial charge in [-0.3, -0.25) is 4.79 Å². The van der Waals surface area contributed by atoms with E-state index < -0.39 is 6.10 Å². The maximum atomic E-state index is 12.6. The van der Waals surface area contributed by atoms with E-state index in [0.29, 0.717) is 17.2 Å². The summed E-state index contributed by atoms with van der Waals surface area (Å²) in [7, 11) is 0. The predicted octanol–water partition coefficient (Wildman–Crippen LogP) is 4.99. The van der Waals surface area contributed by atoms with Crippen LogP contribution >= 0.6 is 11.6 Å².